The van der Waals surface area contributed by atoms with E-state index >= 15 is 0 Å². The highest BCUT2D eigenvalue weighted by atomic mass is 32.1. The second kappa shape index (κ2) is 9.47. The fourth-order valence-corrected chi connectivity index (χ4v) is 4.53. The van der Waals surface area contributed by atoms with Crippen molar-refractivity contribution in [2.24, 2.45) is 0 Å². The summed E-state index contributed by atoms with van der Waals surface area (Å²) in [5, 5.41) is 13.4. The highest BCUT2D eigenvalue weighted by molar-refractivity contribution is 7.17. The van der Waals surface area contributed by atoms with Crippen LogP contribution in [0, 0.1) is 6.92 Å². The molecule has 2 aromatic heterocycles. The van der Waals surface area contributed by atoms with Gasteiger partial charge in [-0.05, 0) is 43.0 Å². The average molecular weight is 423 g/mol. The lowest BCUT2D eigenvalue weighted by atomic mass is 10.1. The molecule has 6 nitrogen and oxygen atoms in total. The topological polar surface area (TPSA) is 78.4 Å². The van der Waals surface area contributed by atoms with Gasteiger partial charge >= 0.3 is 0 Å². The number of aromatic nitrogens is 2. The van der Waals surface area contributed by atoms with Crippen LogP contribution in [0.4, 0.5) is 0 Å². The molecule has 0 aliphatic carbocycles. The molecule has 3 heterocycles. The van der Waals surface area contributed by atoms with E-state index in [1.54, 1.807) is 6.20 Å². The number of hydrogen-bond donors (Lipinski definition) is 2. The van der Waals surface area contributed by atoms with E-state index in [9.17, 15) is 9.90 Å². The van der Waals surface area contributed by atoms with Crippen molar-refractivity contribution < 1.29 is 9.90 Å². The van der Waals surface area contributed by atoms with Crippen molar-refractivity contribution in [1.82, 2.24) is 20.2 Å². The van der Waals surface area contributed by atoms with Crippen molar-refractivity contribution in [2.45, 2.75) is 39.0 Å². The summed E-state index contributed by atoms with van der Waals surface area (Å²) in [6.07, 6.45) is 3.28. The highest BCUT2D eigenvalue weighted by Gasteiger charge is 2.18. The quantitative estimate of drug-likeness (QED) is 0.637. The number of likely N-dealkylation sites (tertiary alicyclic amines) is 1. The van der Waals surface area contributed by atoms with E-state index in [0.717, 1.165) is 54.4 Å². The van der Waals surface area contributed by atoms with E-state index in [1.807, 2.05) is 25.1 Å². The number of carbonyl (C=O) groups excluding carboxylic acids is 1. The molecule has 0 bridgehead atoms. The van der Waals surface area contributed by atoms with Crippen LogP contribution in [-0.2, 0) is 13.1 Å². The Labute approximate surface area is 180 Å². The number of pyridine rings is 1. The average Bonchev–Trinajstić information content (AvgIpc) is 3.17. The van der Waals surface area contributed by atoms with Crippen LogP contribution in [0.1, 0.15) is 39.3 Å². The van der Waals surface area contributed by atoms with Gasteiger partial charge in [-0.1, -0.05) is 30.3 Å². The molecule has 1 aliphatic heterocycles. The van der Waals surface area contributed by atoms with E-state index in [0.29, 0.717) is 11.4 Å². The third-order valence-electron chi connectivity index (χ3n) is 5.33. The maximum atomic E-state index is 12.7. The van der Waals surface area contributed by atoms with Gasteiger partial charge in [0.1, 0.15) is 9.88 Å². The Morgan fingerprint density at radius 1 is 1.17 bits per heavy atom. The second-order valence-electron chi connectivity index (χ2n) is 7.66. The van der Waals surface area contributed by atoms with Crippen LogP contribution in [0.3, 0.4) is 0 Å². The van der Waals surface area contributed by atoms with Crippen molar-refractivity contribution >= 4 is 17.2 Å². The van der Waals surface area contributed by atoms with Crippen molar-refractivity contribution in [3.63, 3.8) is 0 Å². The summed E-state index contributed by atoms with van der Waals surface area (Å²) >= 11 is 1.37. The molecule has 0 unspecified atom stereocenters. The Hall–Kier alpha value is -2.61. The third-order valence-corrected chi connectivity index (χ3v) is 6.50. The first kappa shape index (κ1) is 20.7. The van der Waals surface area contributed by atoms with Gasteiger partial charge in [0.05, 0.1) is 17.5 Å². The SMILES string of the molecule is Cc1nc(-c2ccccn2)sc1C(=O)NCc1ccc(CN2CCC(O)CC2)cc1. The molecule has 156 valence electrons. The van der Waals surface area contributed by atoms with E-state index in [-0.39, 0.29) is 12.0 Å². The standard InChI is InChI=1S/C23H26N4O2S/c1-16-21(30-23(26-16)20-4-2-3-11-24-20)22(29)25-14-17-5-7-18(8-6-17)15-27-12-9-19(28)10-13-27/h2-8,11,19,28H,9-10,12-15H2,1H3,(H,25,29). The molecule has 1 aliphatic rings. The number of thiazole rings is 1. The fraction of sp³-hybridized carbons (Fsp3) is 0.348. The molecule has 7 heteroatoms. The Kier molecular flexibility index (Phi) is 6.52. The highest BCUT2D eigenvalue weighted by Crippen LogP contribution is 2.26. The summed E-state index contributed by atoms with van der Waals surface area (Å²) in [5.41, 5.74) is 3.82. The van der Waals surface area contributed by atoms with E-state index in [4.69, 9.17) is 0 Å². The third kappa shape index (κ3) is 5.11. The molecular formula is C23H26N4O2S. The minimum absolute atomic E-state index is 0.108. The zero-order valence-electron chi connectivity index (χ0n) is 17.0. The van der Waals surface area contributed by atoms with E-state index in [2.05, 4.69) is 44.5 Å². The Morgan fingerprint density at radius 2 is 1.90 bits per heavy atom. The molecule has 0 atom stereocenters. The number of benzene rings is 1. The van der Waals surface area contributed by atoms with Gasteiger partial charge in [-0.2, -0.15) is 0 Å². The number of hydrogen-bond acceptors (Lipinski definition) is 6. The van der Waals surface area contributed by atoms with Gasteiger partial charge in [0.15, 0.2) is 0 Å². The van der Waals surface area contributed by atoms with Gasteiger partial charge < -0.3 is 10.4 Å². The summed E-state index contributed by atoms with van der Waals surface area (Å²) in [6.45, 7) is 5.11. The van der Waals surface area contributed by atoms with Gasteiger partial charge in [-0.25, -0.2) is 4.98 Å². The van der Waals surface area contributed by atoms with E-state index in [1.165, 1.54) is 16.9 Å². The molecule has 0 spiro atoms. The summed E-state index contributed by atoms with van der Waals surface area (Å²) < 4.78 is 0. The van der Waals surface area contributed by atoms with Crippen LogP contribution < -0.4 is 5.32 Å². The number of aliphatic hydroxyl groups excluding tert-OH is 1. The van der Waals surface area contributed by atoms with Crippen molar-refractivity contribution in [3.05, 3.63) is 70.4 Å². The molecule has 30 heavy (non-hydrogen) atoms. The zero-order valence-corrected chi connectivity index (χ0v) is 17.9. The summed E-state index contributed by atoms with van der Waals surface area (Å²) in [6, 6.07) is 14.0. The molecule has 1 saturated heterocycles. The fourth-order valence-electron chi connectivity index (χ4n) is 3.57. The normalized spacial score (nSPS) is 15.3. The van der Waals surface area contributed by atoms with Crippen LogP contribution in [0.25, 0.3) is 10.7 Å². The lowest BCUT2D eigenvalue weighted by Crippen LogP contribution is -2.35. The molecule has 1 aromatic carbocycles. The Balaban J connectivity index is 1.32. The number of piperidine rings is 1. The van der Waals surface area contributed by atoms with Gasteiger partial charge in [-0.3, -0.25) is 14.7 Å². The minimum Gasteiger partial charge on any atom is -0.393 e. The largest absolute Gasteiger partial charge is 0.393 e. The van der Waals surface area contributed by atoms with Crippen LogP contribution in [0.5, 0.6) is 0 Å². The molecule has 4 rings (SSSR count). The number of rotatable bonds is 6. The smallest absolute Gasteiger partial charge is 0.263 e. The first-order valence-corrected chi connectivity index (χ1v) is 11.1. The summed E-state index contributed by atoms with van der Waals surface area (Å²) in [7, 11) is 0. The van der Waals surface area contributed by atoms with E-state index < -0.39 is 0 Å². The lowest BCUT2D eigenvalue weighted by molar-refractivity contribution is 0.0792. The Morgan fingerprint density at radius 3 is 2.60 bits per heavy atom. The molecule has 1 amide bonds. The molecule has 0 saturated carbocycles. The number of aliphatic hydroxyl groups is 1. The monoisotopic (exact) mass is 422 g/mol. The molecular weight excluding hydrogens is 396 g/mol. The maximum absolute atomic E-state index is 12.7. The van der Waals surface area contributed by atoms with Crippen molar-refractivity contribution in [1.29, 1.82) is 0 Å². The summed E-state index contributed by atoms with van der Waals surface area (Å²) in [4.78, 5) is 24.5. The van der Waals surface area contributed by atoms with Crippen LogP contribution in [0.2, 0.25) is 0 Å². The van der Waals surface area contributed by atoms with Crippen molar-refractivity contribution in [2.75, 3.05) is 13.1 Å². The van der Waals surface area contributed by atoms with Gasteiger partial charge in [-0.15, -0.1) is 11.3 Å². The minimum atomic E-state index is -0.144. The van der Waals surface area contributed by atoms with Gasteiger partial charge in [0.25, 0.3) is 5.91 Å². The molecule has 1 fully saturated rings. The molecule has 2 N–H and O–H groups in total. The summed E-state index contributed by atoms with van der Waals surface area (Å²) in [5.74, 6) is -0.108. The van der Waals surface area contributed by atoms with Gasteiger partial charge in [0.2, 0.25) is 0 Å². The number of carbonyl (C=O) groups is 1. The predicted octanol–water partition coefficient (Wildman–Crippen LogP) is 3.40. The maximum Gasteiger partial charge on any atom is 0.263 e. The zero-order chi connectivity index (χ0) is 20.9. The second-order valence-corrected chi connectivity index (χ2v) is 8.65. The first-order chi connectivity index (χ1) is 14.6. The lowest BCUT2D eigenvalue weighted by Gasteiger charge is -2.29. The van der Waals surface area contributed by atoms with Crippen LogP contribution in [-0.4, -0.2) is 45.1 Å². The molecule has 0 radical (unpaired) electrons. The number of nitrogens with one attached hydrogen (secondary N) is 1. The van der Waals surface area contributed by atoms with Crippen LogP contribution in [0.15, 0.2) is 48.7 Å². The number of amides is 1. The predicted molar refractivity (Wildman–Crippen MR) is 118 cm³/mol. The van der Waals surface area contributed by atoms with Gasteiger partial charge in [0, 0.05) is 32.4 Å². The first-order valence-electron chi connectivity index (χ1n) is 10.2. The van der Waals surface area contributed by atoms with Crippen molar-refractivity contribution in [3.8, 4) is 10.7 Å². The Bertz CT molecular complexity index is 980. The van der Waals surface area contributed by atoms with Crippen LogP contribution >= 0.6 is 11.3 Å². The number of aryl methyl sites for hydroxylation is 1. The number of nitrogens with zero attached hydrogens (tertiary/aromatic N) is 3. The molecule has 3 aromatic rings.